The Morgan fingerprint density at radius 2 is 1.93 bits per heavy atom. The molecule has 1 aromatic carbocycles. The monoisotopic (exact) mass is 195 g/mol. The molecule has 0 aliphatic rings. The van der Waals surface area contributed by atoms with Gasteiger partial charge in [-0.1, -0.05) is 26.5 Å². The van der Waals surface area contributed by atoms with Crippen LogP contribution in [0.5, 0.6) is 0 Å². The first-order valence-electron chi connectivity index (χ1n) is 4.80. The van der Waals surface area contributed by atoms with Gasteiger partial charge in [0.15, 0.2) is 0 Å². The summed E-state index contributed by atoms with van der Waals surface area (Å²) < 4.78 is 13.0. The van der Waals surface area contributed by atoms with Crippen LogP contribution in [-0.4, -0.2) is 7.05 Å². The van der Waals surface area contributed by atoms with Crippen molar-refractivity contribution in [2.24, 2.45) is 0 Å². The lowest BCUT2D eigenvalue weighted by Gasteiger charge is -2.08. The molecule has 14 heavy (non-hydrogen) atoms. The number of halogens is 1. The van der Waals surface area contributed by atoms with Crippen molar-refractivity contribution in [2.45, 2.75) is 20.8 Å². The van der Waals surface area contributed by atoms with E-state index in [1.54, 1.807) is 26.1 Å². The van der Waals surface area contributed by atoms with Gasteiger partial charge in [0.1, 0.15) is 5.82 Å². The topological polar surface area (TPSA) is 12.0 Å². The lowest BCUT2D eigenvalue weighted by Crippen LogP contribution is -1.95. The number of hydrogen-bond donors (Lipinski definition) is 1. The Morgan fingerprint density at radius 3 is 2.36 bits per heavy atom. The molecule has 0 aromatic heterocycles. The van der Waals surface area contributed by atoms with E-state index in [9.17, 15) is 4.39 Å². The quantitative estimate of drug-likeness (QED) is 0.756. The van der Waals surface area contributed by atoms with E-state index in [0.717, 1.165) is 11.3 Å². The summed E-state index contributed by atoms with van der Waals surface area (Å²) in [6.07, 6.45) is 1.66. The minimum atomic E-state index is -0.191. The van der Waals surface area contributed by atoms with Crippen LogP contribution in [0.25, 0.3) is 6.08 Å². The smallest absolute Gasteiger partial charge is 0.126 e. The van der Waals surface area contributed by atoms with Crippen LogP contribution in [0.4, 0.5) is 10.1 Å². The highest BCUT2D eigenvalue weighted by molar-refractivity contribution is 5.68. The molecule has 0 aliphatic heterocycles. The molecule has 0 saturated carbocycles. The van der Waals surface area contributed by atoms with Crippen molar-refractivity contribution in [3.05, 3.63) is 35.7 Å². The van der Waals surface area contributed by atoms with E-state index in [4.69, 9.17) is 0 Å². The molecule has 0 amide bonds. The largest absolute Gasteiger partial charge is 0.388 e. The van der Waals surface area contributed by atoms with Crippen molar-refractivity contribution in [1.82, 2.24) is 0 Å². The summed E-state index contributed by atoms with van der Waals surface area (Å²) in [6, 6.07) is 3.16. The molecule has 0 bridgehead atoms. The van der Waals surface area contributed by atoms with E-state index in [-0.39, 0.29) is 5.82 Å². The molecule has 78 valence electrons. The van der Waals surface area contributed by atoms with Crippen LogP contribution in [0, 0.1) is 12.7 Å². The number of anilines is 1. The van der Waals surface area contributed by atoms with E-state index in [1.165, 1.54) is 6.07 Å². The third kappa shape index (κ3) is 2.59. The highest BCUT2D eigenvalue weighted by Crippen LogP contribution is 2.22. The summed E-state index contributed by atoms with van der Waals surface area (Å²) in [5.41, 5.74) is 2.37. The average Bonchev–Trinajstić information content (AvgIpc) is 2.24. The first-order valence-corrected chi connectivity index (χ1v) is 4.80. The van der Waals surface area contributed by atoms with Crippen LogP contribution in [0.1, 0.15) is 25.0 Å². The van der Waals surface area contributed by atoms with Gasteiger partial charge in [0.2, 0.25) is 0 Å². The standard InChI is InChI=1S/C10H12FN.C2H6/c1-4-8-7(2)9(11)5-6-10(8)12-3;1-2/h4-6,12H,1H2,2-3H3;1-2H3. The molecule has 0 aliphatic carbocycles. The van der Waals surface area contributed by atoms with Gasteiger partial charge in [-0.3, -0.25) is 0 Å². The van der Waals surface area contributed by atoms with Crippen LogP contribution in [0.3, 0.4) is 0 Å². The molecule has 0 heterocycles. The van der Waals surface area contributed by atoms with Gasteiger partial charge in [0.05, 0.1) is 0 Å². The van der Waals surface area contributed by atoms with Crippen molar-refractivity contribution in [2.75, 3.05) is 12.4 Å². The molecule has 1 aromatic rings. The van der Waals surface area contributed by atoms with E-state index < -0.39 is 0 Å². The Bertz CT molecular complexity index is 305. The van der Waals surface area contributed by atoms with E-state index in [1.807, 2.05) is 13.8 Å². The molecule has 1 rings (SSSR count). The SMILES string of the molecule is C=Cc1c(NC)ccc(F)c1C.CC. The summed E-state index contributed by atoms with van der Waals surface area (Å²) in [6.45, 7) is 9.38. The maximum Gasteiger partial charge on any atom is 0.126 e. The molecule has 0 radical (unpaired) electrons. The lowest BCUT2D eigenvalue weighted by atomic mass is 10.1. The molecule has 0 fully saturated rings. The maximum absolute atomic E-state index is 13.0. The van der Waals surface area contributed by atoms with Gasteiger partial charge in [0.25, 0.3) is 0 Å². The van der Waals surface area contributed by atoms with Crippen LogP contribution in [0.2, 0.25) is 0 Å². The number of hydrogen-bond acceptors (Lipinski definition) is 1. The summed E-state index contributed by atoms with van der Waals surface area (Å²) >= 11 is 0. The van der Waals surface area contributed by atoms with Crippen molar-refractivity contribution >= 4 is 11.8 Å². The molecule has 0 saturated heterocycles. The average molecular weight is 195 g/mol. The van der Waals surface area contributed by atoms with Gasteiger partial charge in [-0.25, -0.2) is 4.39 Å². The van der Waals surface area contributed by atoms with Crippen LogP contribution in [-0.2, 0) is 0 Å². The fraction of sp³-hybridized carbons (Fsp3) is 0.333. The Morgan fingerprint density at radius 1 is 1.36 bits per heavy atom. The normalized spacial score (nSPS) is 8.64. The molecule has 1 N–H and O–H groups in total. The van der Waals surface area contributed by atoms with Gasteiger partial charge in [-0.05, 0) is 24.6 Å². The lowest BCUT2D eigenvalue weighted by molar-refractivity contribution is 0.618. The fourth-order valence-electron chi connectivity index (χ4n) is 1.18. The highest BCUT2D eigenvalue weighted by atomic mass is 19.1. The zero-order valence-corrected chi connectivity index (χ0v) is 9.32. The zero-order chi connectivity index (χ0) is 11.1. The maximum atomic E-state index is 13.0. The minimum Gasteiger partial charge on any atom is -0.388 e. The Labute approximate surface area is 85.7 Å². The first kappa shape index (κ1) is 12.7. The Balaban J connectivity index is 0.000000791. The number of rotatable bonds is 2. The van der Waals surface area contributed by atoms with Gasteiger partial charge in [-0.2, -0.15) is 0 Å². The number of nitrogens with one attached hydrogen (secondary N) is 1. The van der Waals surface area contributed by atoms with Crippen molar-refractivity contribution in [3.63, 3.8) is 0 Å². The molecule has 0 unspecified atom stereocenters. The van der Waals surface area contributed by atoms with Gasteiger partial charge in [0, 0.05) is 18.3 Å². The molecule has 1 nitrogen and oxygen atoms in total. The van der Waals surface area contributed by atoms with Crippen molar-refractivity contribution in [1.29, 1.82) is 0 Å². The van der Waals surface area contributed by atoms with E-state index in [2.05, 4.69) is 11.9 Å². The Hall–Kier alpha value is -1.31. The Kier molecular flexibility index (Phi) is 5.61. The van der Waals surface area contributed by atoms with Gasteiger partial charge < -0.3 is 5.32 Å². The third-order valence-corrected chi connectivity index (χ3v) is 1.92. The highest BCUT2D eigenvalue weighted by Gasteiger charge is 2.04. The number of benzene rings is 1. The molecular formula is C12H18FN. The molecule has 0 spiro atoms. The van der Waals surface area contributed by atoms with E-state index >= 15 is 0 Å². The van der Waals surface area contributed by atoms with Gasteiger partial charge in [-0.15, -0.1) is 0 Å². The van der Waals surface area contributed by atoms with E-state index in [0.29, 0.717) is 5.56 Å². The fourth-order valence-corrected chi connectivity index (χ4v) is 1.18. The molecule has 0 atom stereocenters. The second kappa shape index (κ2) is 6.19. The van der Waals surface area contributed by atoms with Crippen LogP contribution >= 0.6 is 0 Å². The van der Waals surface area contributed by atoms with Crippen molar-refractivity contribution in [3.8, 4) is 0 Å². The molecular weight excluding hydrogens is 177 g/mol. The second-order valence-corrected chi connectivity index (χ2v) is 2.59. The molecule has 2 heteroatoms. The second-order valence-electron chi connectivity index (χ2n) is 2.59. The van der Waals surface area contributed by atoms with Crippen LogP contribution in [0.15, 0.2) is 18.7 Å². The minimum absolute atomic E-state index is 0.191. The summed E-state index contributed by atoms with van der Waals surface area (Å²) in [4.78, 5) is 0. The predicted octanol–water partition coefficient (Wildman–Crippen LogP) is 3.85. The predicted molar refractivity (Wildman–Crippen MR) is 62.1 cm³/mol. The van der Waals surface area contributed by atoms with Gasteiger partial charge >= 0.3 is 0 Å². The third-order valence-electron chi connectivity index (χ3n) is 1.92. The first-order chi connectivity index (χ1) is 6.70. The van der Waals surface area contributed by atoms with Crippen molar-refractivity contribution < 1.29 is 4.39 Å². The zero-order valence-electron chi connectivity index (χ0n) is 9.32. The summed E-state index contributed by atoms with van der Waals surface area (Å²) in [5.74, 6) is -0.191. The van der Waals surface area contributed by atoms with Crippen LogP contribution < -0.4 is 5.32 Å². The summed E-state index contributed by atoms with van der Waals surface area (Å²) in [7, 11) is 1.81. The summed E-state index contributed by atoms with van der Waals surface area (Å²) in [5, 5.41) is 2.98.